The van der Waals surface area contributed by atoms with Crippen molar-refractivity contribution in [2.24, 2.45) is 0 Å². The Bertz CT molecular complexity index is 516. The fourth-order valence-corrected chi connectivity index (χ4v) is 2.51. The Morgan fingerprint density at radius 3 is 2.64 bits per heavy atom. The number of hydrogen-bond donors (Lipinski definition) is 1. The molecule has 0 amide bonds. The van der Waals surface area contributed by atoms with E-state index in [-0.39, 0.29) is 5.69 Å². The van der Waals surface area contributed by atoms with Crippen LogP contribution in [0.15, 0.2) is 18.2 Å². The molecule has 7 heteroatoms. The SMILES string of the molecule is CCCOC(O)c1cc([N+](=O)[O-])ccc1N1CCN(C)CC1. The minimum absolute atomic E-state index is 0.0352. The summed E-state index contributed by atoms with van der Waals surface area (Å²) < 4.78 is 5.36. The molecule has 0 radical (unpaired) electrons. The Kier molecular flexibility index (Phi) is 5.70. The van der Waals surface area contributed by atoms with E-state index in [1.807, 2.05) is 6.92 Å². The second-order valence-electron chi connectivity index (χ2n) is 5.51. The van der Waals surface area contributed by atoms with Crippen molar-refractivity contribution < 1.29 is 14.8 Å². The number of aliphatic hydroxyl groups excluding tert-OH is 1. The van der Waals surface area contributed by atoms with Gasteiger partial charge in [-0.2, -0.15) is 0 Å². The van der Waals surface area contributed by atoms with Crippen LogP contribution in [-0.2, 0) is 4.74 Å². The molecule has 22 heavy (non-hydrogen) atoms. The molecule has 1 aromatic rings. The van der Waals surface area contributed by atoms with Crippen LogP contribution in [0.5, 0.6) is 0 Å². The number of anilines is 1. The van der Waals surface area contributed by atoms with Gasteiger partial charge in [0.25, 0.3) is 5.69 Å². The monoisotopic (exact) mass is 309 g/mol. The maximum absolute atomic E-state index is 11.0. The molecule has 1 fully saturated rings. The molecular weight excluding hydrogens is 286 g/mol. The number of aliphatic hydroxyl groups is 1. The van der Waals surface area contributed by atoms with Crippen LogP contribution in [0.25, 0.3) is 0 Å². The second kappa shape index (κ2) is 7.53. The number of hydrogen-bond acceptors (Lipinski definition) is 6. The smallest absolute Gasteiger partial charge is 0.270 e. The average molecular weight is 309 g/mol. The van der Waals surface area contributed by atoms with Crippen molar-refractivity contribution in [3.8, 4) is 0 Å². The summed E-state index contributed by atoms with van der Waals surface area (Å²) >= 11 is 0. The van der Waals surface area contributed by atoms with Crippen LogP contribution in [0.2, 0.25) is 0 Å². The number of nitro groups is 1. The van der Waals surface area contributed by atoms with E-state index in [0.717, 1.165) is 38.3 Å². The zero-order valence-corrected chi connectivity index (χ0v) is 13.1. The molecule has 1 N–H and O–H groups in total. The highest BCUT2D eigenvalue weighted by atomic mass is 16.6. The van der Waals surface area contributed by atoms with E-state index in [2.05, 4.69) is 16.8 Å². The van der Waals surface area contributed by atoms with E-state index >= 15 is 0 Å². The molecule has 1 heterocycles. The van der Waals surface area contributed by atoms with Crippen LogP contribution in [0.1, 0.15) is 25.2 Å². The summed E-state index contributed by atoms with van der Waals surface area (Å²) in [6.45, 7) is 5.84. The molecule has 1 aliphatic rings. The maximum Gasteiger partial charge on any atom is 0.270 e. The number of nitro benzene ring substituents is 1. The Hall–Kier alpha value is -1.70. The van der Waals surface area contributed by atoms with Crippen LogP contribution in [0, 0.1) is 10.1 Å². The van der Waals surface area contributed by atoms with Gasteiger partial charge in [0.15, 0.2) is 6.29 Å². The summed E-state index contributed by atoms with van der Waals surface area (Å²) in [6.07, 6.45) is -0.370. The van der Waals surface area contributed by atoms with E-state index in [1.165, 1.54) is 12.1 Å². The van der Waals surface area contributed by atoms with E-state index in [4.69, 9.17) is 4.74 Å². The lowest BCUT2D eigenvalue weighted by molar-refractivity contribution is -0.385. The number of piperazine rings is 1. The molecule has 122 valence electrons. The fourth-order valence-electron chi connectivity index (χ4n) is 2.51. The van der Waals surface area contributed by atoms with Crippen molar-refractivity contribution in [3.05, 3.63) is 33.9 Å². The molecule has 0 spiro atoms. The third-order valence-corrected chi connectivity index (χ3v) is 3.81. The highest BCUT2D eigenvalue weighted by Crippen LogP contribution is 2.31. The molecule has 0 aliphatic carbocycles. The zero-order chi connectivity index (χ0) is 16.1. The molecule has 1 unspecified atom stereocenters. The van der Waals surface area contributed by atoms with E-state index in [9.17, 15) is 15.2 Å². The first kappa shape index (κ1) is 16.7. The molecule has 0 saturated carbocycles. The molecule has 0 aromatic heterocycles. The molecule has 1 atom stereocenters. The van der Waals surface area contributed by atoms with Gasteiger partial charge in [-0.3, -0.25) is 10.1 Å². The number of ether oxygens (including phenoxy) is 1. The van der Waals surface area contributed by atoms with Crippen molar-refractivity contribution in [1.82, 2.24) is 4.90 Å². The summed E-state index contributed by atoms with van der Waals surface area (Å²) in [7, 11) is 2.06. The lowest BCUT2D eigenvalue weighted by atomic mass is 10.1. The van der Waals surface area contributed by atoms with E-state index in [0.29, 0.717) is 12.2 Å². The third kappa shape index (κ3) is 3.94. The van der Waals surface area contributed by atoms with Crippen LogP contribution in [0.4, 0.5) is 11.4 Å². The number of likely N-dealkylation sites (N-methyl/N-ethyl adjacent to an activating group) is 1. The van der Waals surface area contributed by atoms with Gasteiger partial charge in [-0.1, -0.05) is 6.92 Å². The van der Waals surface area contributed by atoms with Gasteiger partial charge in [-0.25, -0.2) is 0 Å². The van der Waals surface area contributed by atoms with E-state index in [1.54, 1.807) is 6.07 Å². The van der Waals surface area contributed by atoms with Crippen molar-refractivity contribution in [1.29, 1.82) is 0 Å². The molecule has 7 nitrogen and oxygen atoms in total. The Labute approximate surface area is 130 Å². The van der Waals surface area contributed by atoms with Gasteiger partial charge in [0, 0.05) is 56.2 Å². The summed E-state index contributed by atoms with van der Waals surface area (Å²) in [5.41, 5.74) is 1.24. The highest BCUT2D eigenvalue weighted by molar-refractivity contribution is 5.58. The molecular formula is C15H23N3O4. The van der Waals surface area contributed by atoms with Crippen molar-refractivity contribution in [2.75, 3.05) is 44.7 Å². The first-order chi connectivity index (χ1) is 10.5. The van der Waals surface area contributed by atoms with Gasteiger partial charge in [-0.05, 0) is 19.5 Å². The van der Waals surface area contributed by atoms with Crippen LogP contribution < -0.4 is 4.90 Å². The van der Waals surface area contributed by atoms with Gasteiger partial charge in [0.1, 0.15) is 0 Å². The molecule has 1 aliphatic heterocycles. The quantitative estimate of drug-likeness (QED) is 0.490. The van der Waals surface area contributed by atoms with Crippen LogP contribution in [0.3, 0.4) is 0 Å². The van der Waals surface area contributed by atoms with Crippen molar-refractivity contribution >= 4 is 11.4 Å². The number of nitrogens with zero attached hydrogens (tertiary/aromatic N) is 3. The van der Waals surface area contributed by atoms with Crippen LogP contribution in [-0.4, -0.2) is 54.8 Å². The standard InChI is InChI=1S/C15H23N3O4/c1-3-10-22-15(19)13-11-12(18(20)21)4-5-14(13)17-8-6-16(2)7-9-17/h4-5,11,15,19H,3,6-10H2,1-2H3. The first-order valence-corrected chi connectivity index (χ1v) is 7.54. The molecule has 2 rings (SSSR count). The zero-order valence-electron chi connectivity index (χ0n) is 13.1. The molecule has 0 bridgehead atoms. The number of rotatable bonds is 6. The summed E-state index contributed by atoms with van der Waals surface area (Å²) in [5, 5.41) is 21.2. The number of benzene rings is 1. The van der Waals surface area contributed by atoms with Crippen molar-refractivity contribution in [2.45, 2.75) is 19.6 Å². The summed E-state index contributed by atoms with van der Waals surface area (Å²) in [5.74, 6) is 0. The van der Waals surface area contributed by atoms with Gasteiger partial charge in [-0.15, -0.1) is 0 Å². The third-order valence-electron chi connectivity index (χ3n) is 3.81. The Balaban J connectivity index is 2.28. The fraction of sp³-hybridized carbons (Fsp3) is 0.600. The highest BCUT2D eigenvalue weighted by Gasteiger charge is 2.23. The predicted molar refractivity (Wildman–Crippen MR) is 84.0 cm³/mol. The second-order valence-corrected chi connectivity index (χ2v) is 5.51. The molecule has 1 aromatic carbocycles. The minimum Gasteiger partial charge on any atom is -0.369 e. The normalized spacial score (nSPS) is 17.5. The first-order valence-electron chi connectivity index (χ1n) is 7.54. The minimum atomic E-state index is -1.14. The largest absolute Gasteiger partial charge is 0.369 e. The predicted octanol–water partition coefficient (Wildman–Crippen LogP) is 1.76. The molecule has 1 saturated heterocycles. The van der Waals surface area contributed by atoms with Gasteiger partial charge < -0.3 is 19.6 Å². The number of non-ortho nitro benzene ring substituents is 1. The lowest BCUT2D eigenvalue weighted by Crippen LogP contribution is -2.45. The topological polar surface area (TPSA) is 79.1 Å². The van der Waals surface area contributed by atoms with Crippen LogP contribution >= 0.6 is 0 Å². The average Bonchev–Trinajstić information content (AvgIpc) is 2.52. The summed E-state index contributed by atoms with van der Waals surface area (Å²) in [4.78, 5) is 14.9. The van der Waals surface area contributed by atoms with Gasteiger partial charge in [0.2, 0.25) is 0 Å². The van der Waals surface area contributed by atoms with Gasteiger partial charge in [0.05, 0.1) is 4.92 Å². The Morgan fingerprint density at radius 1 is 1.36 bits per heavy atom. The maximum atomic E-state index is 11.0. The van der Waals surface area contributed by atoms with E-state index < -0.39 is 11.2 Å². The Morgan fingerprint density at radius 2 is 2.05 bits per heavy atom. The van der Waals surface area contributed by atoms with Crippen molar-refractivity contribution in [3.63, 3.8) is 0 Å². The summed E-state index contributed by atoms with van der Waals surface area (Å²) in [6, 6.07) is 4.59. The van der Waals surface area contributed by atoms with Gasteiger partial charge >= 0.3 is 0 Å². The lowest BCUT2D eigenvalue weighted by Gasteiger charge is -2.35.